The van der Waals surface area contributed by atoms with Crippen LogP contribution in [0, 0.1) is 0 Å². The van der Waals surface area contributed by atoms with Crippen molar-refractivity contribution in [2.75, 3.05) is 20.1 Å². The molecule has 2 N–H and O–H groups in total. The van der Waals surface area contributed by atoms with Gasteiger partial charge >= 0.3 is 5.97 Å². The first kappa shape index (κ1) is 17.4. The van der Waals surface area contributed by atoms with Crippen LogP contribution in [-0.2, 0) is 4.79 Å². The van der Waals surface area contributed by atoms with Gasteiger partial charge in [-0.25, -0.2) is 0 Å². The third kappa shape index (κ3) is 6.71. The van der Waals surface area contributed by atoms with Crippen molar-refractivity contribution in [1.29, 1.82) is 0 Å². The molecule has 0 radical (unpaired) electrons. The van der Waals surface area contributed by atoms with Crippen LogP contribution in [0.3, 0.4) is 0 Å². The number of carboxylic acids is 1. The number of carboxylic acid groups (broad SMARTS) is 1. The quantitative estimate of drug-likeness (QED) is 0.606. The molecule has 4 heteroatoms. The maximum absolute atomic E-state index is 11.1. The smallest absolute Gasteiger partial charge is 0.320 e. The van der Waals surface area contributed by atoms with E-state index in [1.165, 1.54) is 32.1 Å². The van der Waals surface area contributed by atoms with Gasteiger partial charge in [0, 0.05) is 6.04 Å². The number of hydrogen-bond acceptors (Lipinski definition) is 3. The lowest BCUT2D eigenvalue weighted by atomic mass is 9.94. The van der Waals surface area contributed by atoms with Crippen LogP contribution in [-0.4, -0.2) is 48.2 Å². The molecule has 1 aliphatic rings. The molecule has 1 fully saturated rings. The van der Waals surface area contributed by atoms with E-state index >= 15 is 0 Å². The second kappa shape index (κ2) is 10.2. The summed E-state index contributed by atoms with van der Waals surface area (Å²) < 4.78 is 0. The predicted molar refractivity (Wildman–Crippen MR) is 83.1 cm³/mol. The van der Waals surface area contributed by atoms with Crippen molar-refractivity contribution in [3.63, 3.8) is 0 Å². The summed E-state index contributed by atoms with van der Waals surface area (Å²) >= 11 is 0. The highest BCUT2D eigenvalue weighted by atomic mass is 16.4. The van der Waals surface area contributed by atoms with E-state index in [2.05, 4.69) is 24.2 Å². The van der Waals surface area contributed by atoms with Gasteiger partial charge in [0.05, 0.1) is 0 Å². The van der Waals surface area contributed by atoms with Crippen LogP contribution in [0.2, 0.25) is 0 Å². The largest absolute Gasteiger partial charge is 0.480 e. The van der Waals surface area contributed by atoms with Gasteiger partial charge in [0.2, 0.25) is 0 Å². The van der Waals surface area contributed by atoms with Gasteiger partial charge in [-0.1, -0.05) is 39.0 Å². The van der Waals surface area contributed by atoms with Crippen LogP contribution in [0.1, 0.15) is 64.7 Å². The monoisotopic (exact) mass is 284 g/mol. The van der Waals surface area contributed by atoms with Gasteiger partial charge in [-0.15, -0.1) is 0 Å². The SMILES string of the molecule is CCCCC(NCCCN(C)C1CCCCC1)C(=O)O. The van der Waals surface area contributed by atoms with Crippen molar-refractivity contribution in [3.8, 4) is 0 Å². The molecule has 4 nitrogen and oxygen atoms in total. The lowest BCUT2D eigenvalue weighted by Gasteiger charge is -2.31. The molecular formula is C16H32N2O2. The minimum absolute atomic E-state index is 0.366. The molecule has 0 amide bonds. The summed E-state index contributed by atoms with van der Waals surface area (Å²) in [4.78, 5) is 13.6. The third-order valence-electron chi connectivity index (χ3n) is 4.42. The first-order valence-electron chi connectivity index (χ1n) is 8.31. The Morgan fingerprint density at radius 2 is 2.00 bits per heavy atom. The zero-order valence-electron chi connectivity index (χ0n) is 13.2. The Morgan fingerprint density at radius 3 is 2.60 bits per heavy atom. The van der Waals surface area contributed by atoms with Crippen LogP contribution in [0.4, 0.5) is 0 Å². The standard InChI is InChI=1S/C16H32N2O2/c1-3-4-11-15(16(19)20)17-12-8-13-18(2)14-9-6-5-7-10-14/h14-15,17H,3-13H2,1-2H3,(H,19,20). The highest BCUT2D eigenvalue weighted by Gasteiger charge is 2.18. The van der Waals surface area contributed by atoms with E-state index in [1.54, 1.807) is 0 Å². The molecule has 0 aromatic rings. The number of rotatable bonds is 10. The van der Waals surface area contributed by atoms with Gasteiger partial charge in [0.15, 0.2) is 0 Å². The van der Waals surface area contributed by atoms with Gasteiger partial charge < -0.3 is 15.3 Å². The molecule has 0 aliphatic heterocycles. The fraction of sp³-hybridized carbons (Fsp3) is 0.938. The molecule has 0 heterocycles. The van der Waals surface area contributed by atoms with Gasteiger partial charge in [-0.3, -0.25) is 4.79 Å². The maximum atomic E-state index is 11.1. The maximum Gasteiger partial charge on any atom is 0.320 e. The van der Waals surface area contributed by atoms with E-state index in [-0.39, 0.29) is 6.04 Å². The number of unbranched alkanes of at least 4 members (excludes halogenated alkanes) is 1. The molecule has 0 aromatic heterocycles. The van der Waals surface area contributed by atoms with Crippen molar-refractivity contribution < 1.29 is 9.90 Å². The second-order valence-corrected chi connectivity index (χ2v) is 6.11. The Bertz CT molecular complexity index is 265. The molecule has 1 unspecified atom stereocenters. The fourth-order valence-electron chi connectivity index (χ4n) is 3.03. The Hall–Kier alpha value is -0.610. The summed E-state index contributed by atoms with van der Waals surface area (Å²) in [7, 11) is 2.21. The predicted octanol–water partition coefficient (Wildman–Crippen LogP) is 2.87. The van der Waals surface area contributed by atoms with Gasteiger partial charge in [0.1, 0.15) is 6.04 Å². The lowest BCUT2D eigenvalue weighted by Crippen LogP contribution is -2.39. The summed E-state index contributed by atoms with van der Waals surface area (Å²) in [5.41, 5.74) is 0. The van der Waals surface area contributed by atoms with Crippen molar-refractivity contribution >= 4 is 5.97 Å². The molecular weight excluding hydrogens is 252 g/mol. The summed E-state index contributed by atoms with van der Waals surface area (Å²) in [6, 6.07) is 0.383. The van der Waals surface area contributed by atoms with E-state index in [4.69, 9.17) is 5.11 Å². The Labute approximate surface area is 123 Å². The molecule has 1 saturated carbocycles. The molecule has 1 rings (SSSR count). The molecule has 20 heavy (non-hydrogen) atoms. The number of nitrogens with one attached hydrogen (secondary N) is 1. The first-order valence-corrected chi connectivity index (χ1v) is 8.31. The van der Waals surface area contributed by atoms with Crippen molar-refractivity contribution in [2.24, 2.45) is 0 Å². The summed E-state index contributed by atoms with van der Waals surface area (Å²) in [5.74, 6) is -0.709. The van der Waals surface area contributed by atoms with Gasteiger partial charge in [-0.2, -0.15) is 0 Å². The molecule has 0 saturated heterocycles. The average molecular weight is 284 g/mol. The molecule has 0 bridgehead atoms. The van der Waals surface area contributed by atoms with E-state index in [0.29, 0.717) is 0 Å². The zero-order chi connectivity index (χ0) is 14.8. The molecule has 118 valence electrons. The van der Waals surface area contributed by atoms with E-state index in [9.17, 15) is 4.79 Å². The van der Waals surface area contributed by atoms with E-state index in [1.807, 2.05) is 0 Å². The number of hydrogen-bond donors (Lipinski definition) is 2. The number of aliphatic carboxylic acids is 1. The highest BCUT2D eigenvalue weighted by molar-refractivity contribution is 5.73. The Kier molecular flexibility index (Phi) is 8.86. The topological polar surface area (TPSA) is 52.6 Å². The van der Waals surface area contributed by atoms with Crippen molar-refractivity contribution in [3.05, 3.63) is 0 Å². The number of nitrogens with zero attached hydrogens (tertiary/aromatic N) is 1. The van der Waals surface area contributed by atoms with E-state index in [0.717, 1.165) is 44.8 Å². The van der Waals surface area contributed by atoms with Crippen LogP contribution in [0.15, 0.2) is 0 Å². The molecule has 0 aromatic carbocycles. The average Bonchev–Trinajstić information content (AvgIpc) is 2.46. The van der Waals surface area contributed by atoms with Crippen LogP contribution < -0.4 is 5.32 Å². The Morgan fingerprint density at radius 1 is 1.30 bits per heavy atom. The minimum atomic E-state index is -0.709. The van der Waals surface area contributed by atoms with Gasteiger partial charge in [0.25, 0.3) is 0 Å². The normalized spacial score (nSPS) is 18.4. The third-order valence-corrected chi connectivity index (χ3v) is 4.42. The van der Waals surface area contributed by atoms with Gasteiger partial charge in [-0.05, 0) is 45.8 Å². The van der Waals surface area contributed by atoms with Crippen LogP contribution >= 0.6 is 0 Å². The van der Waals surface area contributed by atoms with Crippen LogP contribution in [0.25, 0.3) is 0 Å². The van der Waals surface area contributed by atoms with Crippen LogP contribution in [0.5, 0.6) is 0 Å². The summed E-state index contributed by atoms with van der Waals surface area (Å²) in [6.45, 7) is 3.97. The van der Waals surface area contributed by atoms with E-state index < -0.39 is 5.97 Å². The van der Waals surface area contributed by atoms with Crippen molar-refractivity contribution in [1.82, 2.24) is 10.2 Å². The lowest BCUT2D eigenvalue weighted by molar-refractivity contribution is -0.139. The molecule has 1 aliphatic carbocycles. The first-order chi connectivity index (χ1) is 9.65. The zero-order valence-corrected chi connectivity index (χ0v) is 13.2. The summed E-state index contributed by atoms with van der Waals surface area (Å²) in [6.07, 6.45) is 10.6. The molecule has 0 spiro atoms. The minimum Gasteiger partial charge on any atom is -0.480 e. The summed E-state index contributed by atoms with van der Waals surface area (Å²) in [5, 5.41) is 12.3. The Balaban J connectivity index is 2.13. The van der Waals surface area contributed by atoms with Crippen molar-refractivity contribution in [2.45, 2.75) is 76.8 Å². The second-order valence-electron chi connectivity index (χ2n) is 6.11. The fourth-order valence-corrected chi connectivity index (χ4v) is 3.03. The molecule has 1 atom stereocenters. The highest BCUT2D eigenvalue weighted by Crippen LogP contribution is 2.21. The number of carbonyl (C=O) groups is 1.